The van der Waals surface area contributed by atoms with Gasteiger partial charge in [0.15, 0.2) is 0 Å². The summed E-state index contributed by atoms with van der Waals surface area (Å²) in [7, 11) is -3.08. The summed E-state index contributed by atoms with van der Waals surface area (Å²) < 4.78 is 23.8. The van der Waals surface area contributed by atoms with Crippen LogP contribution < -0.4 is 5.32 Å². The van der Waals surface area contributed by atoms with Gasteiger partial charge < -0.3 is 5.32 Å². The molecule has 0 aliphatic rings. The first-order valence-corrected chi connectivity index (χ1v) is 8.87. The molecule has 1 aromatic heterocycles. The van der Waals surface area contributed by atoms with Crippen molar-refractivity contribution in [1.29, 1.82) is 0 Å². The van der Waals surface area contributed by atoms with Crippen LogP contribution in [0.15, 0.2) is 30.5 Å². The average Bonchev–Trinajstić information content (AvgIpc) is 2.84. The molecule has 6 nitrogen and oxygen atoms in total. The lowest BCUT2D eigenvalue weighted by Crippen LogP contribution is -2.27. The largest absolute Gasteiger partial charge is 0.356 e. The number of nitrogens with zero attached hydrogens (tertiary/aromatic N) is 2. The average molecular weight is 309 g/mol. The third-order valence-corrected chi connectivity index (χ3v) is 4.07. The van der Waals surface area contributed by atoms with Crippen LogP contribution in [0.25, 0.3) is 10.9 Å². The summed E-state index contributed by atoms with van der Waals surface area (Å²) in [6, 6.07) is 7.95. The van der Waals surface area contributed by atoms with Crippen molar-refractivity contribution in [3.8, 4) is 0 Å². The van der Waals surface area contributed by atoms with Gasteiger partial charge in [-0.3, -0.25) is 9.48 Å². The van der Waals surface area contributed by atoms with Crippen LogP contribution in [0.4, 0.5) is 0 Å². The van der Waals surface area contributed by atoms with E-state index in [0.717, 1.165) is 23.6 Å². The Kier molecular flexibility index (Phi) is 4.95. The van der Waals surface area contributed by atoms with Gasteiger partial charge in [0.25, 0.3) is 0 Å². The van der Waals surface area contributed by atoms with E-state index >= 15 is 0 Å². The molecule has 0 saturated carbocycles. The number of aryl methyl sites for hydroxylation is 1. The third kappa shape index (κ3) is 4.86. The van der Waals surface area contributed by atoms with Crippen LogP contribution in [0.5, 0.6) is 0 Å². The second-order valence-corrected chi connectivity index (χ2v) is 7.27. The minimum atomic E-state index is -3.08. The van der Waals surface area contributed by atoms with E-state index in [0.29, 0.717) is 13.1 Å². The first kappa shape index (κ1) is 15.5. The molecule has 0 spiro atoms. The summed E-state index contributed by atoms with van der Waals surface area (Å²) in [5.74, 6) is -0.339. The number of sulfone groups is 1. The standard InChI is InChI=1S/C14H19N3O3S/c1-21(19,20)10-7-14(18)15-8-4-9-17-13-6-3-2-5-12(13)11-16-17/h2-3,5-6,11H,4,7-10H2,1H3,(H,15,18). The zero-order valence-electron chi connectivity index (χ0n) is 11.9. The van der Waals surface area contributed by atoms with E-state index in [4.69, 9.17) is 0 Å². The van der Waals surface area contributed by atoms with Gasteiger partial charge in [0.2, 0.25) is 5.91 Å². The van der Waals surface area contributed by atoms with Crippen molar-refractivity contribution in [2.24, 2.45) is 0 Å². The number of rotatable bonds is 7. The molecule has 2 rings (SSSR count). The molecule has 1 N–H and O–H groups in total. The summed E-state index contributed by atoms with van der Waals surface area (Å²) in [6.07, 6.45) is 3.71. The van der Waals surface area contributed by atoms with Gasteiger partial charge in [-0.25, -0.2) is 8.42 Å². The SMILES string of the molecule is CS(=O)(=O)CCC(=O)NCCCn1ncc2ccccc21. The van der Waals surface area contributed by atoms with Crippen LogP contribution in [0.1, 0.15) is 12.8 Å². The Balaban J connectivity index is 1.74. The quantitative estimate of drug-likeness (QED) is 0.773. The van der Waals surface area contributed by atoms with Crippen LogP contribution in [0.3, 0.4) is 0 Å². The van der Waals surface area contributed by atoms with Crippen LogP contribution in [0, 0.1) is 0 Å². The summed E-state index contributed by atoms with van der Waals surface area (Å²) in [4.78, 5) is 11.5. The van der Waals surface area contributed by atoms with Gasteiger partial charge in [-0.15, -0.1) is 0 Å². The normalized spacial score (nSPS) is 11.7. The monoisotopic (exact) mass is 309 g/mol. The van der Waals surface area contributed by atoms with Gasteiger partial charge in [-0.2, -0.15) is 5.10 Å². The molecule has 0 aliphatic carbocycles. The lowest BCUT2D eigenvalue weighted by Gasteiger charge is -2.06. The van der Waals surface area contributed by atoms with Crippen molar-refractivity contribution in [1.82, 2.24) is 15.1 Å². The molecule has 1 amide bonds. The number of hydrogen-bond donors (Lipinski definition) is 1. The van der Waals surface area contributed by atoms with E-state index in [1.165, 1.54) is 0 Å². The van der Waals surface area contributed by atoms with E-state index in [1.807, 2.05) is 35.1 Å². The summed E-state index contributed by atoms with van der Waals surface area (Å²) in [5, 5.41) is 8.12. The third-order valence-electron chi connectivity index (χ3n) is 3.12. The van der Waals surface area contributed by atoms with Crippen LogP contribution in [-0.2, 0) is 21.2 Å². The summed E-state index contributed by atoms with van der Waals surface area (Å²) in [6.45, 7) is 1.22. The highest BCUT2D eigenvalue weighted by Gasteiger charge is 2.07. The number of hydrogen-bond acceptors (Lipinski definition) is 4. The smallest absolute Gasteiger partial charge is 0.221 e. The number of benzene rings is 1. The second-order valence-electron chi connectivity index (χ2n) is 5.01. The Morgan fingerprint density at radius 2 is 2.10 bits per heavy atom. The Morgan fingerprint density at radius 3 is 2.86 bits per heavy atom. The fourth-order valence-electron chi connectivity index (χ4n) is 2.03. The number of fused-ring (bicyclic) bond motifs is 1. The van der Waals surface area contributed by atoms with Crippen molar-refractivity contribution in [3.05, 3.63) is 30.5 Å². The highest BCUT2D eigenvalue weighted by Crippen LogP contribution is 2.12. The Bertz CT molecular complexity index is 722. The number of carbonyl (C=O) groups is 1. The van der Waals surface area contributed by atoms with Crippen LogP contribution in [-0.4, -0.2) is 42.7 Å². The van der Waals surface area contributed by atoms with E-state index in [9.17, 15) is 13.2 Å². The van der Waals surface area contributed by atoms with Gasteiger partial charge in [0.05, 0.1) is 17.5 Å². The molecule has 0 radical (unpaired) electrons. The maximum Gasteiger partial charge on any atom is 0.221 e. The molecule has 1 aromatic carbocycles. The molecule has 0 unspecified atom stereocenters. The number of amides is 1. The number of carbonyl (C=O) groups excluding carboxylic acids is 1. The molecule has 21 heavy (non-hydrogen) atoms. The maximum absolute atomic E-state index is 11.5. The zero-order valence-corrected chi connectivity index (χ0v) is 12.8. The topological polar surface area (TPSA) is 81.1 Å². The summed E-state index contributed by atoms with van der Waals surface area (Å²) in [5.41, 5.74) is 1.07. The van der Waals surface area contributed by atoms with Gasteiger partial charge in [-0.05, 0) is 12.5 Å². The van der Waals surface area contributed by atoms with Gasteiger partial charge in [0.1, 0.15) is 9.84 Å². The molecule has 0 aliphatic heterocycles. The first-order valence-electron chi connectivity index (χ1n) is 6.81. The zero-order chi connectivity index (χ0) is 15.3. The predicted octanol–water partition coefficient (Wildman–Crippen LogP) is 0.977. The molecule has 0 bridgehead atoms. The van der Waals surface area contributed by atoms with E-state index < -0.39 is 9.84 Å². The van der Waals surface area contributed by atoms with Gasteiger partial charge >= 0.3 is 0 Å². The van der Waals surface area contributed by atoms with E-state index in [2.05, 4.69) is 10.4 Å². The molecule has 114 valence electrons. The van der Waals surface area contributed by atoms with E-state index in [1.54, 1.807) is 0 Å². The van der Waals surface area contributed by atoms with E-state index in [-0.39, 0.29) is 18.1 Å². The second kappa shape index (κ2) is 6.71. The Hall–Kier alpha value is -1.89. The first-order chi connectivity index (χ1) is 9.96. The highest BCUT2D eigenvalue weighted by molar-refractivity contribution is 7.90. The lowest BCUT2D eigenvalue weighted by atomic mass is 10.2. The number of nitrogens with one attached hydrogen (secondary N) is 1. The van der Waals surface area contributed by atoms with Gasteiger partial charge in [-0.1, -0.05) is 18.2 Å². The molecule has 1 heterocycles. The highest BCUT2D eigenvalue weighted by atomic mass is 32.2. The van der Waals surface area contributed by atoms with Crippen molar-refractivity contribution in [2.45, 2.75) is 19.4 Å². The van der Waals surface area contributed by atoms with Crippen LogP contribution >= 0.6 is 0 Å². The molecule has 0 fully saturated rings. The lowest BCUT2D eigenvalue weighted by molar-refractivity contribution is -0.120. The summed E-state index contributed by atoms with van der Waals surface area (Å²) >= 11 is 0. The van der Waals surface area contributed by atoms with Crippen LogP contribution in [0.2, 0.25) is 0 Å². The molecule has 0 atom stereocenters. The minimum Gasteiger partial charge on any atom is -0.356 e. The van der Waals surface area contributed by atoms with Crippen molar-refractivity contribution in [3.63, 3.8) is 0 Å². The minimum absolute atomic E-state index is 0.0174. The Labute approximate surface area is 124 Å². The number of aromatic nitrogens is 2. The molecule has 7 heteroatoms. The van der Waals surface area contributed by atoms with Crippen molar-refractivity contribution >= 4 is 26.6 Å². The fraction of sp³-hybridized carbons (Fsp3) is 0.429. The molecule has 2 aromatic rings. The Morgan fingerprint density at radius 1 is 1.33 bits per heavy atom. The molecular weight excluding hydrogens is 290 g/mol. The molecular formula is C14H19N3O3S. The van der Waals surface area contributed by atoms with Crippen molar-refractivity contribution in [2.75, 3.05) is 18.6 Å². The van der Waals surface area contributed by atoms with Crippen molar-refractivity contribution < 1.29 is 13.2 Å². The maximum atomic E-state index is 11.5. The van der Waals surface area contributed by atoms with Gasteiger partial charge in [0, 0.05) is 31.2 Å². The fourth-order valence-corrected chi connectivity index (χ4v) is 2.58. The number of para-hydroxylation sites is 1. The molecule has 0 saturated heterocycles. The predicted molar refractivity (Wildman–Crippen MR) is 81.7 cm³/mol.